The Balaban J connectivity index is 2.14. The Morgan fingerprint density at radius 3 is 2.64 bits per heavy atom. The summed E-state index contributed by atoms with van der Waals surface area (Å²) in [4.78, 5) is 12.3. The Kier molecular flexibility index (Phi) is 6.94. The molecule has 2 aromatic rings. The van der Waals surface area contributed by atoms with Gasteiger partial charge >= 0.3 is 0 Å². The van der Waals surface area contributed by atoms with Gasteiger partial charge in [-0.2, -0.15) is 4.31 Å². The number of benzene rings is 1. The smallest absolute Gasteiger partial charge is 0.243 e. The SMILES string of the molecule is CCN(CC)S(=O)(=O)c1ccc(C)c(NC(=O)CSc2nncs2)c1. The van der Waals surface area contributed by atoms with Crippen molar-refractivity contribution in [1.82, 2.24) is 14.5 Å². The van der Waals surface area contributed by atoms with Crippen LogP contribution in [-0.4, -0.2) is 47.7 Å². The lowest BCUT2D eigenvalue weighted by molar-refractivity contribution is -0.113. The molecule has 0 saturated carbocycles. The zero-order chi connectivity index (χ0) is 18.4. The van der Waals surface area contributed by atoms with E-state index in [-0.39, 0.29) is 16.6 Å². The molecule has 7 nitrogen and oxygen atoms in total. The average molecular weight is 401 g/mol. The van der Waals surface area contributed by atoms with Gasteiger partial charge in [-0.3, -0.25) is 4.79 Å². The molecule has 0 radical (unpaired) electrons. The highest BCUT2D eigenvalue weighted by Gasteiger charge is 2.22. The molecule has 0 saturated heterocycles. The summed E-state index contributed by atoms with van der Waals surface area (Å²) in [5, 5.41) is 10.4. The van der Waals surface area contributed by atoms with Crippen LogP contribution in [0.2, 0.25) is 0 Å². The van der Waals surface area contributed by atoms with Crippen molar-refractivity contribution in [2.24, 2.45) is 0 Å². The summed E-state index contributed by atoms with van der Waals surface area (Å²) in [5.74, 6) is -0.0394. The maximum absolute atomic E-state index is 12.6. The first kappa shape index (κ1) is 19.8. The van der Waals surface area contributed by atoms with Crippen molar-refractivity contribution in [3.8, 4) is 0 Å². The van der Waals surface area contributed by atoms with Crippen LogP contribution < -0.4 is 5.32 Å². The van der Waals surface area contributed by atoms with Gasteiger partial charge in [-0.25, -0.2) is 8.42 Å². The van der Waals surface area contributed by atoms with Gasteiger partial charge in [0.05, 0.1) is 10.6 Å². The number of aryl methyl sites for hydroxylation is 1. The Hall–Kier alpha value is -1.49. The van der Waals surface area contributed by atoms with Crippen LogP contribution in [0.25, 0.3) is 0 Å². The molecule has 0 fully saturated rings. The monoisotopic (exact) mass is 400 g/mol. The van der Waals surface area contributed by atoms with E-state index in [0.717, 1.165) is 5.56 Å². The van der Waals surface area contributed by atoms with Gasteiger partial charge in [0.2, 0.25) is 15.9 Å². The van der Waals surface area contributed by atoms with E-state index in [2.05, 4.69) is 15.5 Å². The molecule has 1 heterocycles. The third-order valence-electron chi connectivity index (χ3n) is 3.49. The van der Waals surface area contributed by atoms with Crippen LogP contribution in [0.3, 0.4) is 0 Å². The van der Waals surface area contributed by atoms with Gasteiger partial charge in [0.15, 0.2) is 4.34 Å². The number of aromatic nitrogens is 2. The Morgan fingerprint density at radius 1 is 1.32 bits per heavy atom. The highest BCUT2D eigenvalue weighted by atomic mass is 32.2. The molecule has 0 unspecified atom stereocenters. The van der Waals surface area contributed by atoms with Gasteiger partial charge in [0, 0.05) is 18.8 Å². The molecule has 0 aliphatic carbocycles. The second-order valence-electron chi connectivity index (χ2n) is 5.11. The van der Waals surface area contributed by atoms with Crippen molar-refractivity contribution >= 4 is 44.7 Å². The van der Waals surface area contributed by atoms with Crippen LogP contribution in [0.15, 0.2) is 32.9 Å². The summed E-state index contributed by atoms with van der Waals surface area (Å²) in [6, 6.07) is 4.77. The van der Waals surface area contributed by atoms with E-state index in [0.29, 0.717) is 23.1 Å². The van der Waals surface area contributed by atoms with Crippen LogP contribution in [0.1, 0.15) is 19.4 Å². The van der Waals surface area contributed by atoms with Crippen molar-refractivity contribution < 1.29 is 13.2 Å². The predicted molar refractivity (Wildman–Crippen MR) is 101 cm³/mol. The van der Waals surface area contributed by atoms with Gasteiger partial charge in [-0.1, -0.05) is 43.0 Å². The van der Waals surface area contributed by atoms with Crippen LogP contribution in [0, 0.1) is 6.92 Å². The summed E-state index contributed by atoms with van der Waals surface area (Å²) in [6.45, 7) is 6.20. The topological polar surface area (TPSA) is 92.3 Å². The molecule has 1 aromatic heterocycles. The number of amides is 1. The van der Waals surface area contributed by atoms with Crippen molar-refractivity contribution in [2.75, 3.05) is 24.2 Å². The first-order chi connectivity index (χ1) is 11.9. The molecule has 136 valence electrons. The van der Waals surface area contributed by atoms with Gasteiger partial charge in [0.1, 0.15) is 5.51 Å². The zero-order valence-electron chi connectivity index (χ0n) is 14.2. The van der Waals surface area contributed by atoms with Gasteiger partial charge < -0.3 is 5.32 Å². The van der Waals surface area contributed by atoms with E-state index in [1.54, 1.807) is 31.5 Å². The largest absolute Gasteiger partial charge is 0.325 e. The highest BCUT2D eigenvalue weighted by molar-refractivity contribution is 8.01. The van der Waals surface area contributed by atoms with E-state index < -0.39 is 10.0 Å². The van der Waals surface area contributed by atoms with Crippen molar-refractivity contribution in [1.29, 1.82) is 0 Å². The molecule has 0 atom stereocenters. The average Bonchev–Trinajstić information content (AvgIpc) is 3.09. The van der Waals surface area contributed by atoms with Crippen molar-refractivity contribution in [2.45, 2.75) is 30.0 Å². The molecule has 1 amide bonds. The minimum Gasteiger partial charge on any atom is -0.325 e. The van der Waals surface area contributed by atoms with E-state index in [1.807, 2.05) is 6.92 Å². The molecule has 0 aliphatic rings. The first-order valence-electron chi connectivity index (χ1n) is 7.68. The van der Waals surface area contributed by atoms with E-state index in [9.17, 15) is 13.2 Å². The van der Waals surface area contributed by atoms with Crippen LogP contribution >= 0.6 is 23.1 Å². The Bertz CT molecular complexity index is 819. The fraction of sp³-hybridized carbons (Fsp3) is 0.400. The van der Waals surface area contributed by atoms with Crippen LogP contribution in [0.5, 0.6) is 0 Å². The number of nitrogens with zero attached hydrogens (tertiary/aromatic N) is 3. The van der Waals surface area contributed by atoms with Crippen LogP contribution in [0.4, 0.5) is 5.69 Å². The third kappa shape index (κ3) is 5.00. The fourth-order valence-electron chi connectivity index (χ4n) is 2.15. The van der Waals surface area contributed by atoms with Crippen molar-refractivity contribution in [3.05, 3.63) is 29.3 Å². The number of nitrogens with one attached hydrogen (secondary N) is 1. The van der Waals surface area contributed by atoms with E-state index in [4.69, 9.17) is 0 Å². The quantitative estimate of drug-likeness (QED) is 0.685. The summed E-state index contributed by atoms with van der Waals surface area (Å²) < 4.78 is 27.3. The lowest BCUT2D eigenvalue weighted by Crippen LogP contribution is -2.30. The lowest BCUT2D eigenvalue weighted by atomic mass is 10.2. The van der Waals surface area contributed by atoms with Gasteiger partial charge in [0.25, 0.3) is 0 Å². The summed E-state index contributed by atoms with van der Waals surface area (Å²) in [7, 11) is -3.56. The van der Waals surface area contributed by atoms with Crippen LogP contribution in [-0.2, 0) is 14.8 Å². The maximum Gasteiger partial charge on any atom is 0.243 e. The molecule has 10 heteroatoms. The minimum atomic E-state index is -3.56. The second kappa shape index (κ2) is 8.75. The lowest BCUT2D eigenvalue weighted by Gasteiger charge is -2.19. The molecule has 1 aromatic carbocycles. The number of sulfonamides is 1. The molecule has 0 bridgehead atoms. The normalized spacial score (nSPS) is 11.7. The number of carbonyl (C=O) groups is 1. The number of hydrogen-bond acceptors (Lipinski definition) is 7. The summed E-state index contributed by atoms with van der Waals surface area (Å²) >= 11 is 2.65. The molecule has 25 heavy (non-hydrogen) atoms. The third-order valence-corrected chi connectivity index (χ3v) is 7.40. The number of carbonyl (C=O) groups excluding carboxylic acids is 1. The fourth-order valence-corrected chi connectivity index (χ4v) is 4.92. The zero-order valence-corrected chi connectivity index (χ0v) is 16.7. The predicted octanol–water partition coefficient (Wildman–Crippen LogP) is 2.61. The number of anilines is 1. The molecule has 0 aliphatic heterocycles. The Labute approximate surface area is 155 Å². The van der Waals surface area contributed by atoms with E-state index in [1.165, 1.54) is 33.5 Å². The molecular formula is C15H20N4O3S3. The standard InChI is InChI=1S/C15H20N4O3S3/c1-4-19(5-2)25(21,22)12-7-6-11(3)13(8-12)17-14(20)9-23-15-18-16-10-24-15/h6-8,10H,4-5,9H2,1-3H3,(H,17,20). The number of thioether (sulfide) groups is 1. The molecule has 2 rings (SSSR count). The Morgan fingerprint density at radius 2 is 2.04 bits per heavy atom. The highest BCUT2D eigenvalue weighted by Crippen LogP contribution is 2.24. The summed E-state index contributed by atoms with van der Waals surface area (Å²) in [6.07, 6.45) is 0. The van der Waals surface area contributed by atoms with E-state index >= 15 is 0 Å². The molecular weight excluding hydrogens is 380 g/mol. The molecule has 0 spiro atoms. The van der Waals surface area contributed by atoms with Gasteiger partial charge in [-0.05, 0) is 24.6 Å². The number of rotatable bonds is 8. The summed E-state index contributed by atoms with van der Waals surface area (Å²) in [5.41, 5.74) is 2.90. The maximum atomic E-state index is 12.6. The molecule has 1 N–H and O–H groups in total. The number of hydrogen-bond donors (Lipinski definition) is 1. The minimum absolute atomic E-state index is 0.175. The van der Waals surface area contributed by atoms with Crippen molar-refractivity contribution in [3.63, 3.8) is 0 Å². The second-order valence-corrected chi connectivity index (χ2v) is 9.10. The first-order valence-corrected chi connectivity index (χ1v) is 11.0. The van der Waals surface area contributed by atoms with Gasteiger partial charge in [-0.15, -0.1) is 10.2 Å².